The van der Waals surface area contributed by atoms with Crippen molar-refractivity contribution in [3.63, 3.8) is 0 Å². The van der Waals surface area contributed by atoms with E-state index in [2.05, 4.69) is 4.98 Å². The lowest BCUT2D eigenvalue weighted by atomic mass is 10.3. The summed E-state index contributed by atoms with van der Waals surface area (Å²) in [6.45, 7) is 0.212. The van der Waals surface area contributed by atoms with E-state index in [-0.39, 0.29) is 12.4 Å². The van der Waals surface area contributed by atoms with E-state index in [0.717, 1.165) is 5.69 Å². The van der Waals surface area contributed by atoms with Crippen LogP contribution in [0, 0.1) is 0 Å². The third kappa shape index (κ3) is 2.58. The molecule has 2 heterocycles. The number of phenols is 1. The van der Waals surface area contributed by atoms with Gasteiger partial charge in [-0.3, -0.25) is 4.40 Å². The van der Waals surface area contributed by atoms with Gasteiger partial charge in [0, 0.05) is 6.20 Å². The number of aromatic nitrogens is 2. The zero-order chi connectivity index (χ0) is 15.5. The molecular formula is C16H14N2O4. The zero-order valence-corrected chi connectivity index (χ0v) is 11.9. The van der Waals surface area contributed by atoms with Crippen molar-refractivity contribution in [1.29, 1.82) is 0 Å². The summed E-state index contributed by atoms with van der Waals surface area (Å²) in [6, 6.07) is 10.1. The van der Waals surface area contributed by atoms with Crippen LogP contribution in [0.25, 0.3) is 5.65 Å². The van der Waals surface area contributed by atoms with Crippen LogP contribution in [0.3, 0.4) is 0 Å². The van der Waals surface area contributed by atoms with Crippen molar-refractivity contribution in [3.8, 4) is 11.5 Å². The Morgan fingerprint density at radius 3 is 2.86 bits per heavy atom. The first-order valence-corrected chi connectivity index (χ1v) is 6.64. The molecule has 0 saturated carbocycles. The molecule has 0 aliphatic heterocycles. The summed E-state index contributed by atoms with van der Waals surface area (Å²) >= 11 is 0. The van der Waals surface area contributed by atoms with E-state index < -0.39 is 5.97 Å². The van der Waals surface area contributed by atoms with Gasteiger partial charge in [-0.1, -0.05) is 12.1 Å². The predicted molar refractivity (Wildman–Crippen MR) is 79.0 cm³/mol. The molecule has 3 aromatic rings. The fourth-order valence-electron chi connectivity index (χ4n) is 2.11. The molecule has 6 nitrogen and oxygen atoms in total. The van der Waals surface area contributed by atoms with Gasteiger partial charge in [0.1, 0.15) is 12.3 Å². The Balaban J connectivity index is 1.87. The number of para-hydroxylation sites is 2. The molecule has 0 spiro atoms. The first kappa shape index (κ1) is 13.9. The van der Waals surface area contributed by atoms with E-state index in [1.54, 1.807) is 53.2 Å². The van der Waals surface area contributed by atoms with Gasteiger partial charge in [0.25, 0.3) is 0 Å². The number of imidazole rings is 1. The number of rotatable bonds is 4. The zero-order valence-electron chi connectivity index (χ0n) is 11.9. The quantitative estimate of drug-likeness (QED) is 0.749. The fourth-order valence-corrected chi connectivity index (χ4v) is 2.11. The summed E-state index contributed by atoms with van der Waals surface area (Å²) in [6.07, 6.45) is 3.31. The maximum Gasteiger partial charge on any atom is 0.339 e. The standard InChI is InChI=1S/C16H14N2O4/c1-21-16(20)11-6-7-15-17-8-12(18(15)9-11)10-22-14-5-3-2-4-13(14)19/h2-9,19H,10H2,1H3. The summed E-state index contributed by atoms with van der Waals surface area (Å²) in [4.78, 5) is 15.8. The number of methoxy groups -OCH3 is 1. The molecule has 0 atom stereocenters. The largest absolute Gasteiger partial charge is 0.504 e. The molecule has 0 unspecified atom stereocenters. The first-order chi connectivity index (χ1) is 10.7. The summed E-state index contributed by atoms with van der Waals surface area (Å²) in [7, 11) is 1.34. The van der Waals surface area contributed by atoms with Crippen LogP contribution in [0.4, 0.5) is 0 Å². The second-order valence-electron chi connectivity index (χ2n) is 4.64. The van der Waals surface area contributed by atoms with Gasteiger partial charge in [0.2, 0.25) is 0 Å². The minimum atomic E-state index is -0.414. The van der Waals surface area contributed by atoms with Crippen molar-refractivity contribution >= 4 is 11.6 Å². The molecule has 2 aromatic heterocycles. The SMILES string of the molecule is COC(=O)c1ccc2ncc(COc3ccccc3O)n2c1. The molecule has 0 radical (unpaired) electrons. The maximum atomic E-state index is 11.6. The van der Waals surface area contributed by atoms with Gasteiger partial charge in [-0.05, 0) is 24.3 Å². The predicted octanol–water partition coefficient (Wildman–Crippen LogP) is 2.41. The third-order valence-corrected chi connectivity index (χ3v) is 3.24. The van der Waals surface area contributed by atoms with Gasteiger partial charge in [-0.2, -0.15) is 0 Å². The Bertz CT molecular complexity index is 826. The molecule has 1 N–H and O–H groups in total. The van der Waals surface area contributed by atoms with E-state index >= 15 is 0 Å². The smallest absolute Gasteiger partial charge is 0.339 e. The Morgan fingerprint density at radius 1 is 1.27 bits per heavy atom. The number of hydrogen-bond donors (Lipinski definition) is 1. The number of carbonyl (C=O) groups excluding carboxylic acids is 1. The second kappa shape index (κ2) is 5.77. The van der Waals surface area contributed by atoms with Crippen LogP contribution in [0.1, 0.15) is 16.1 Å². The average Bonchev–Trinajstić information content (AvgIpc) is 2.95. The Kier molecular flexibility index (Phi) is 3.65. The molecule has 6 heteroatoms. The van der Waals surface area contributed by atoms with Crippen LogP contribution in [-0.4, -0.2) is 27.6 Å². The number of aromatic hydroxyl groups is 1. The highest BCUT2D eigenvalue weighted by atomic mass is 16.5. The topological polar surface area (TPSA) is 73.1 Å². The first-order valence-electron chi connectivity index (χ1n) is 6.64. The van der Waals surface area contributed by atoms with Crippen LogP contribution in [0.2, 0.25) is 0 Å². The van der Waals surface area contributed by atoms with Gasteiger partial charge in [0.05, 0.1) is 24.6 Å². The number of nitrogens with zero attached hydrogens (tertiary/aromatic N) is 2. The van der Waals surface area contributed by atoms with Crippen molar-refractivity contribution in [2.24, 2.45) is 0 Å². The Morgan fingerprint density at radius 2 is 2.09 bits per heavy atom. The lowest BCUT2D eigenvalue weighted by molar-refractivity contribution is 0.0600. The van der Waals surface area contributed by atoms with Crippen LogP contribution in [0.15, 0.2) is 48.8 Å². The Hall–Kier alpha value is -3.02. The summed E-state index contributed by atoms with van der Waals surface area (Å²) in [5.41, 5.74) is 1.88. The van der Waals surface area contributed by atoms with E-state index in [0.29, 0.717) is 17.0 Å². The number of fused-ring (bicyclic) bond motifs is 1. The molecule has 0 fully saturated rings. The van der Waals surface area contributed by atoms with Gasteiger partial charge in [-0.15, -0.1) is 0 Å². The highest BCUT2D eigenvalue weighted by Gasteiger charge is 2.10. The molecule has 0 saturated heterocycles. The van der Waals surface area contributed by atoms with Gasteiger partial charge >= 0.3 is 5.97 Å². The monoisotopic (exact) mass is 298 g/mol. The minimum Gasteiger partial charge on any atom is -0.504 e. The van der Waals surface area contributed by atoms with Crippen LogP contribution >= 0.6 is 0 Å². The summed E-state index contributed by atoms with van der Waals surface area (Å²) < 4.78 is 12.1. The lowest BCUT2D eigenvalue weighted by Gasteiger charge is -2.08. The Labute approximate surface area is 126 Å². The number of esters is 1. The molecule has 0 aliphatic carbocycles. The van der Waals surface area contributed by atoms with E-state index in [9.17, 15) is 9.90 Å². The number of phenolic OH excluding ortho intramolecular Hbond substituents is 1. The number of carbonyl (C=O) groups is 1. The van der Waals surface area contributed by atoms with Gasteiger partial charge in [0.15, 0.2) is 11.5 Å². The molecule has 0 bridgehead atoms. The van der Waals surface area contributed by atoms with Crippen molar-refractivity contribution in [1.82, 2.24) is 9.38 Å². The molecular weight excluding hydrogens is 284 g/mol. The van der Waals surface area contributed by atoms with E-state index in [4.69, 9.17) is 9.47 Å². The van der Waals surface area contributed by atoms with E-state index in [1.165, 1.54) is 7.11 Å². The van der Waals surface area contributed by atoms with Crippen molar-refractivity contribution < 1.29 is 19.4 Å². The number of hydrogen-bond acceptors (Lipinski definition) is 5. The lowest BCUT2D eigenvalue weighted by Crippen LogP contribution is -2.05. The molecule has 3 rings (SSSR count). The van der Waals surface area contributed by atoms with Crippen molar-refractivity contribution in [2.45, 2.75) is 6.61 Å². The molecule has 112 valence electrons. The van der Waals surface area contributed by atoms with Crippen molar-refractivity contribution in [2.75, 3.05) is 7.11 Å². The normalized spacial score (nSPS) is 10.6. The van der Waals surface area contributed by atoms with Crippen LogP contribution in [0.5, 0.6) is 11.5 Å². The fraction of sp³-hybridized carbons (Fsp3) is 0.125. The maximum absolute atomic E-state index is 11.6. The highest BCUT2D eigenvalue weighted by molar-refractivity contribution is 5.89. The molecule has 0 aliphatic rings. The highest BCUT2D eigenvalue weighted by Crippen LogP contribution is 2.25. The molecule has 1 aromatic carbocycles. The van der Waals surface area contributed by atoms with Gasteiger partial charge < -0.3 is 14.6 Å². The molecule has 0 amide bonds. The summed E-state index contributed by atoms with van der Waals surface area (Å²) in [5, 5.41) is 9.69. The average molecular weight is 298 g/mol. The minimum absolute atomic E-state index is 0.0755. The number of pyridine rings is 1. The third-order valence-electron chi connectivity index (χ3n) is 3.24. The molecule has 22 heavy (non-hydrogen) atoms. The second-order valence-corrected chi connectivity index (χ2v) is 4.64. The number of ether oxygens (including phenoxy) is 2. The van der Waals surface area contributed by atoms with Crippen LogP contribution in [-0.2, 0) is 11.3 Å². The van der Waals surface area contributed by atoms with Crippen molar-refractivity contribution in [3.05, 3.63) is 60.0 Å². The van der Waals surface area contributed by atoms with Crippen LogP contribution < -0.4 is 4.74 Å². The summed E-state index contributed by atoms with van der Waals surface area (Å²) in [5.74, 6) is 0.0521. The van der Waals surface area contributed by atoms with Gasteiger partial charge in [-0.25, -0.2) is 9.78 Å². The van der Waals surface area contributed by atoms with E-state index in [1.807, 2.05) is 0 Å². The number of benzene rings is 1.